The minimum absolute atomic E-state index is 0. The summed E-state index contributed by atoms with van der Waals surface area (Å²) in [5.74, 6) is 2.25. The topological polar surface area (TPSA) is 0 Å². The second-order valence-electron chi connectivity index (χ2n) is 0.408. The summed E-state index contributed by atoms with van der Waals surface area (Å²) in [6.07, 6.45) is 0. The molecule has 0 spiro atoms. The molecule has 0 aromatic heterocycles. The summed E-state index contributed by atoms with van der Waals surface area (Å²) in [5, 5.41) is 0. The van der Waals surface area contributed by atoms with Gasteiger partial charge >= 0.3 is 29.2 Å². The zero-order valence-electron chi connectivity index (χ0n) is 2.79. The first-order valence-electron chi connectivity index (χ1n) is 0.816. The Bertz CT molecular complexity index is 8.00. The Morgan fingerprint density at radius 2 is 1.75 bits per heavy atom. The van der Waals surface area contributed by atoms with E-state index in [9.17, 15) is 0 Å². The summed E-state index contributed by atoms with van der Waals surface area (Å²) < 4.78 is 0. The van der Waals surface area contributed by atoms with E-state index < -0.39 is 0 Å². The van der Waals surface area contributed by atoms with Crippen LogP contribution in [0.15, 0.2) is 0 Å². The molecule has 4 heavy (non-hydrogen) atoms. The van der Waals surface area contributed by atoms with E-state index in [1.807, 2.05) is 0 Å². The van der Waals surface area contributed by atoms with Gasteiger partial charge in [0.2, 0.25) is 0 Å². The van der Waals surface area contributed by atoms with Gasteiger partial charge in [-0.1, -0.05) is 0 Å². The summed E-state index contributed by atoms with van der Waals surface area (Å²) in [5.41, 5.74) is 0. The maximum absolute atomic E-state index is 2.25. The van der Waals surface area contributed by atoms with Crippen molar-refractivity contribution in [2.75, 3.05) is 0 Å². The molecule has 0 nitrogen and oxygen atoms in total. The molecule has 0 aliphatic carbocycles. The summed E-state index contributed by atoms with van der Waals surface area (Å²) >= 11 is 1.01. The van der Waals surface area contributed by atoms with Crippen LogP contribution in [0, 0.1) is 0 Å². The van der Waals surface area contributed by atoms with Crippen LogP contribution in [0.4, 0.5) is 0 Å². The Morgan fingerprint density at radius 1 is 1.75 bits per heavy atom. The molecule has 0 saturated carbocycles. The van der Waals surface area contributed by atoms with Crippen molar-refractivity contribution < 1.29 is 31.6 Å². The molecule has 0 atom stereocenters. The molecule has 0 aromatic rings. The van der Waals surface area contributed by atoms with E-state index >= 15 is 0 Å². The number of hydrogen-bond acceptors (Lipinski definition) is 0. The summed E-state index contributed by atoms with van der Waals surface area (Å²) in [4.78, 5) is 0. The van der Waals surface area contributed by atoms with E-state index in [1.165, 1.54) is 8.80 Å². The molecular weight excluding hydrogens is 147 g/mol. The van der Waals surface area contributed by atoms with Crippen molar-refractivity contribution in [2.24, 2.45) is 0 Å². The van der Waals surface area contributed by atoms with E-state index in [0.717, 1.165) is 14.6 Å². The average molecular weight is 153 g/mol. The predicted octanol–water partition coefficient (Wildman–Crippen LogP) is -0.605. The Labute approximate surface area is 46.4 Å². The van der Waals surface area contributed by atoms with Gasteiger partial charge in [0.05, 0.1) is 0 Å². The molecule has 3 heteroatoms. The Morgan fingerprint density at radius 3 is 1.75 bits per heavy atom. The third kappa shape index (κ3) is 10.5. The molecule has 0 saturated heterocycles. The Hall–Kier alpha value is 1.27. The van der Waals surface area contributed by atoms with Gasteiger partial charge in [0.1, 0.15) is 0 Å². The average Bonchev–Trinajstić information content (AvgIpc) is 0.918. The van der Waals surface area contributed by atoms with Gasteiger partial charge in [-0.2, -0.15) is 0 Å². The zero-order valence-corrected chi connectivity index (χ0v) is 7.24. The fraction of sp³-hybridized carbons (Fsp3) is 1.00. The van der Waals surface area contributed by atoms with Crippen LogP contribution >= 0.6 is 0 Å². The van der Waals surface area contributed by atoms with Gasteiger partial charge in [-0.3, -0.25) is 0 Å². The van der Waals surface area contributed by atoms with Crippen molar-refractivity contribution in [1.82, 2.24) is 0 Å². The van der Waals surface area contributed by atoms with Crippen molar-refractivity contribution in [1.29, 1.82) is 0 Å². The molecule has 0 amide bonds. The van der Waals surface area contributed by atoms with Crippen LogP contribution in [0.5, 0.6) is 0 Å². The Balaban J connectivity index is 0. The second-order valence-corrected chi connectivity index (χ2v) is 5.05. The molecular formula is CH6CrMnSi. The van der Waals surface area contributed by atoms with Gasteiger partial charge in [0.25, 0.3) is 0 Å². The summed E-state index contributed by atoms with van der Waals surface area (Å²) in [7, 11) is 1.43. The summed E-state index contributed by atoms with van der Waals surface area (Å²) in [6.45, 7) is 0. The van der Waals surface area contributed by atoms with Crippen LogP contribution in [0.25, 0.3) is 0 Å². The minimum Gasteiger partial charge on any atom is 0 e. The van der Waals surface area contributed by atoms with Gasteiger partial charge in [-0.25, -0.2) is 0 Å². The molecule has 0 heterocycles. The van der Waals surface area contributed by atoms with Gasteiger partial charge in [-0.05, 0) is 0 Å². The first-order chi connectivity index (χ1) is 1.41. The van der Waals surface area contributed by atoms with E-state index in [4.69, 9.17) is 0 Å². The quantitative estimate of drug-likeness (QED) is 0.407. The molecule has 0 bridgehead atoms. The molecule has 0 fully saturated rings. The van der Waals surface area contributed by atoms with E-state index in [1.54, 1.807) is 0 Å². The fourth-order valence-corrected chi connectivity index (χ4v) is 0. The van der Waals surface area contributed by atoms with Gasteiger partial charge in [0.15, 0.2) is 0 Å². The fourth-order valence-electron chi connectivity index (χ4n) is 0. The monoisotopic (exact) mass is 153 g/mol. The SMILES string of the molecule is [CH3][Cr][SiH3].[Mn]. The predicted molar refractivity (Wildman–Crippen MR) is 15.8 cm³/mol. The van der Waals surface area contributed by atoms with Gasteiger partial charge in [-0.15, -0.1) is 0 Å². The number of hydrogen-bond donors (Lipinski definition) is 0. The molecule has 0 rings (SSSR count). The van der Waals surface area contributed by atoms with Crippen molar-refractivity contribution in [2.45, 2.75) is 5.79 Å². The first-order valence-corrected chi connectivity index (χ1v) is 6.73. The molecule has 0 aromatic carbocycles. The maximum atomic E-state index is 2.25. The van der Waals surface area contributed by atoms with Crippen LogP contribution in [-0.4, -0.2) is 8.80 Å². The zero-order chi connectivity index (χ0) is 2.71. The van der Waals surface area contributed by atoms with Crippen molar-refractivity contribution in [3.8, 4) is 0 Å². The largest absolute Gasteiger partial charge is 0 e. The van der Waals surface area contributed by atoms with Crippen molar-refractivity contribution in [3.63, 3.8) is 0 Å². The molecule has 1 radical (unpaired) electrons. The number of rotatable bonds is 0. The van der Waals surface area contributed by atoms with Crippen LogP contribution in [0.1, 0.15) is 0 Å². The van der Waals surface area contributed by atoms with Gasteiger partial charge < -0.3 is 0 Å². The molecule has 0 aliphatic rings. The smallest absolute Gasteiger partial charge is 0 e. The van der Waals surface area contributed by atoms with Crippen LogP contribution in [0.3, 0.4) is 0 Å². The first kappa shape index (κ1) is 8.99. The normalized spacial score (nSPS) is 5.25. The van der Waals surface area contributed by atoms with Crippen LogP contribution in [-0.2, 0) is 31.6 Å². The minimum atomic E-state index is 0. The molecule has 0 unspecified atom stereocenters. The molecule has 27 valence electrons. The van der Waals surface area contributed by atoms with Crippen LogP contribution in [0.2, 0.25) is 5.79 Å². The van der Waals surface area contributed by atoms with E-state index in [0.29, 0.717) is 0 Å². The van der Waals surface area contributed by atoms with E-state index in [2.05, 4.69) is 5.79 Å². The second kappa shape index (κ2) is 8.86. The molecule has 0 N–H and O–H groups in total. The Kier molecular flexibility index (Phi) is 19.9. The maximum Gasteiger partial charge on any atom is 0 e. The van der Waals surface area contributed by atoms with Crippen LogP contribution < -0.4 is 0 Å². The van der Waals surface area contributed by atoms with E-state index in [-0.39, 0.29) is 17.1 Å². The molecule has 0 aliphatic heterocycles. The van der Waals surface area contributed by atoms with Crippen molar-refractivity contribution in [3.05, 3.63) is 0 Å². The van der Waals surface area contributed by atoms with Crippen molar-refractivity contribution >= 4 is 8.80 Å². The van der Waals surface area contributed by atoms with Gasteiger partial charge in [0, 0.05) is 17.1 Å². The summed E-state index contributed by atoms with van der Waals surface area (Å²) in [6, 6.07) is 0. The standard InChI is InChI=1S/CH3.Cr.Mn.H3Si/h1H3;;;1H3. The third-order valence-electron chi connectivity index (χ3n) is 0. The third-order valence-corrected chi connectivity index (χ3v) is 0.